The van der Waals surface area contributed by atoms with Crippen molar-refractivity contribution in [2.45, 2.75) is 95.5 Å². The van der Waals surface area contributed by atoms with Crippen LogP contribution in [-0.4, -0.2) is 74.4 Å². The lowest BCUT2D eigenvalue weighted by Gasteiger charge is -2.27. The molecule has 4 aliphatic rings. The molecule has 4 fully saturated rings. The smallest absolute Gasteiger partial charge is 0.334 e. The summed E-state index contributed by atoms with van der Waals surface area (Å²) in [7, 11) is 0. The monoisotopic (exact) mass is 402 g/mol. The number of hydrogen-bond donors (Lipinski definition) is 0. The molecule has 0 aromatic rings. The van der Waals surface area contributed by atoms with Gasteiger partial charge >= 0.3 is 5.97 Å². The zero-order valence-electron chi connectivity index (χ0n) is 16.9. The molecule has 0 bridgehead atoms. The first kappa shape index (κ1) is 20.5. The summed E-state index contributed by atoms with van der Waals surface area (Å²) in [6.45, 7) is 8.12. The molecule has 4 saturated heterocycles. The van der Waals surface area contributed by atoms with Crippen LogP contribution < -0.4 is 0 Å². The summed E-state index contributed by atoms with van der Waals surface area (Å²) in [5.74, 6) is -1.94. The molecule has 9 heteroatoms. The molecule has 0 amide bonds. The summed E-state index contributed by atoms with van der Waals surface area (Å²) in [4.78, 5) is 12.1. The largest absolute Gasteiger partial charge is 0.434 e. The van der Waals surface area contributed by atoms with E-state index in [4.69, 9.17) is 37.9 Å². The average Bonchev–Trinajstić information content (AvgIpc) is 3.24. The summed E-state index contributed by atoms with van der Waals surface area (Å²) >= 11 is 0. The predicted molar refractivity (Wildman–Crippen MR) is 93.0 cm³/mol. The quantitative estimate of drug-likeness (QED) is 0.634. The van der Waals surface area contributed by atoms with Crippen LogP contribution in [0.2, 0.25) is 0 Å². The van der Waals surface area contributed by atoms with E-state index in [9.17, 15) is 4.79 Å². The lowest BCUT2D eigenvalue weighted by Crippen LogP contribution is -2.40. The van der Waals surface area contributed by atoms with Gasteiger partial charge in [-0.3, -0.25) is 0 Å². The van der Waals surface area contributed by atoms with Gasteiger partial charge in [0.05, 0.1) is 13.2 Å². The Bertz CT molecular complexity index is 572. The van der Waals surface area contributed by atoms with Crippen molar-refractivity contribution in [1.29, 1.82) is 0 Å². The van der Waals surface area contributed by atoms with Gasteiger partial charge < -0.3 is 37.9 Å². The van der Waals surface area contributed by atoms with Gasteiger partial charge in [-0.1, -0.05) is 0 Å². The third kappa shape index (κ3) is 4.51. The first-order chi connectivity index (χ1) is 13.2. The first-order valence-corrected chi connectivity index (χ1v) is 9.98. The lowest BCUT2D eigenvalue weighted by molar-refractivity contribution is -0.250. The molecular formula is C19H30O9. The van der Waals surface area contributed by atoms with Gasteiger partial charge in [0.1, 0.15) is 31.0 Å². The van der Waals surface area contributed by atoms with Crippen molar-refractivity contribution >= 4 is 5.97 Å². The molecule has 160 valence electrons. The van der Waals surface area contributed by atoms with E-state index >= 15 is 0 Å². The fourth-order valence-electron chi connectivity index (χ4n) is 4.04. The molecular weight excluding hydrogens is 372 g/mol. The minimum absolute atomic E-state index is 0.252. The second-order valence-corrected chi connectivity index (χ2v) is 8.50. The second-order valence-electron chi connectivity index (χ2n) is 8.50. The summed E-state index contributed by atoms with van der Waals surface area (Å²) in [5.41, 5.74) is 0. The highest BCUT2D eigenvalue weighted by molar-refractivity contribution is 5.70. The van der Waals surface area contributed by atoms with Gasteiger partial charge in [-0.2, -0.15) is 0 Å². The number of esters is 1. The van der Waals surface area contributed by atoms with Crippen LogP contribution in [0.5, 0.6) is 0 Å². The second kappa shape index (κ2) is 7.79. The number of ether oxygens (including phenoxy) is 8. The van der Waals surface area contributed by atoms with E-state index < -0.39 is 42.3 Å². The Kier molecular flexibility index (Phi) is 5.69. The van der Waals surface area contributed by atoms with Crippen molar-refractivity contribution in [1.82, 2.24) is 0 Å². The van der Waals surface area contributed by atoms with Crippen molar-refractivity contribution < 1.29 is 42.7 Å². The van der Waals surface area contributed by atoms with Gasteiger partial charge in [0, 0.05) is 6.42 Å². The molecule has 0 aromatic carbocycles. The molecule has 0 aromatic heterocycles. The van der Waals surface area contributed by atoms with Crippen LogP contribution in [0.25, 0.3) is 0 Å². The molecule has 4 rings (SSSR count). The van der Waals surface area contributed by atoms with E-state index in [0.29, 0.717) is 19.6 Å². The normalized spacial score (nSPS) is 41.7. The zero-order valence-corrected chi connectivity index (χ0v) is 16.9. The summed E-state index contributed by atoms with van der Waals surface area (Å²) in [5, 5.41) is 0. The lowest BCUT2D eigenvalue weighted by atomic mass is 10.1. The summed E-state index contributed by atoms with van der Waals surface area (Å²) in [6.07, 6.45) is -0.148. The van der Waals surface area contributed by atoms with Gasteiger partial charge in [-0.25, -0.2) is 4.79 Å². The van der Waals surface area contributed by atoms with Crippen LogP contribution in [0.15, 0.2) is 0 Å². The average molecular weight is 402 g/mol. The highest BCUT2D eigenvalue weighted by Crippen LogP contribution is 2.42. The Labute approximate surface area is 164 Å². The Morgan fingerprint density at radius 2 is 1.79 bits per heavy atom. The highest BCUT2D eigenvalue weighted by Gasteiger charge is 2.59. The number of hydrogen-bond acceptors (Lipinski definition) is 9. The van der Waals surface area contributed by atoms with Crippen molar-refractivity contribution in [2.75, 3.05) is 19.8 Å². The topological polar surface area (TPSA) is 90.9 Å². The Hall–Kier alpha value is -0.810. The SMILES string of the molecule is CC1(C)OCC([C@H]2OC(OCC(=O)OC3CCCCO3)[C@H]3OC(C)(C)O[C@@H]23)O1. The fraction of sp³-hybridized carbons (Fsp3) is 0.947. The van der Waals surface area contributed by atoms with E-state index in [0.717, 1.165) is 12.8 Å². The molecule has 28 heavy (non-hydrogen) atoms. The maximum Gasteiger partial charge on any atom is 0.334 e. The molecule has 0 aliphatic carbocycles. The van der Waals surface area contributed by atoms with E-state index in [-0.39, 0.29) is 18.8 Å². The van der Waals surface area contributed by atoms with Gasteiger partial charge in [0.15, 0.2) is 17.9 Å². The first-order valence-electron chi connectivity index (χ1n) is 9.98. The molecule has 9 nitrogen and oxygen atoms in total. The van der Waals surface area contributed by atoms with Crippen molar-refractivity contribution in [3.8, 4) is 0 Å². The summed E-state index contributed by atoms with van der Waals surface area (Å²) in [6, 6.07) is 0. The Morgan fingerprint density at radius 1 is 1.00 bits per heavy atom. The third-order valence-electron chi connectivity index (χ3n) is 5.21. The predicted octanol–water partition coefficient (Wildman–Crippen LogP) is 1.47. The fourth-order valence-corrected chi connectivity index (χ4v) is 4.04. The van der Waals surface area contributed by atoms with Crippen LogP contribution in [-0.2, 0) is 42.7 Å². The highest BCUT2D eigenvalue weighted by atomic mass is 16.8. The van der Waals surface area contributed by atoms with Crippen molar-refractivity contribution in [2.24, 2.45) is 0 Å². The molecule has 3 unspecified atom stereocenters. The van der Waals surface area contributed by atoms with Crippen LogP contribution in [0.3, 0.4) is 0 Å². The Morgan fingerprint density at radius 3 is 2.46 bits per heavy atom. The van der Waals surface area contributed by atoms with E-state index in [1.165, 1.54) is 0 Å². The molecule has 4 aliphatic heterocycles. The van der Waals surface area contributed by atoms with Crippen LogP contribution in [0, 0.1) is 0 Å². The number of fused-ring (bicyclic) bond motifs is 1. The van der Waals surface area contributed by atoms with Gasteiger partial charge in [0.25, 0.3) is 0 Å². The standard InChI is InChI=1S/C19H30O9/c1-18(2)23-9-11(26-18)14-15-16(28-19(3,4)27-15)17(25-14)22-10-12(20)24-13-7-5-6-8-21-13/h11,13-17H,5-10H2,1-4H3/t11?,13?,14-,15+,16+,17?/m1/s1. The van der Waals surface area contributed by atoms with Gasteiger partial charge in [0.2, 0.25) is 6.29 Å². The van der Waals surface area contributed by atoms with E-state index in [1.807, 2.05) is 27.7 Å². The maximum absolute atomic E-state index is 12.1. The minimum Gasteiger partial charge on any atom is -0.434 e. The minimum atomic E-state index is -0.773. The van der Waals surface area contributed by atoms with E-state index in [2.05, 4.69) is 0 Å². The van der Waals surface area contributed by atoms with E-state index in [1.54, 1.807) is 0 Å². The number of rotatable bonds is 5. The van der Waals surface area contributed by atoms with Crippen molar-refractivity contribution in [3.63, 3.8) is 0 Å². The molecule has 0 saturated carbocycles. The molecule has 0 N–H and O–H groups in total. The molecule has 6 atom stereocenters. The molecule has 0 radical (unpaired) electrons. The van der Waals surface area contributed by atoms with Crippen LogP contribution >= 0.6 is 0 Å². The summed E-state index contributed by atoms with van der Waals surface area (Å²) < 4.78 is 46.0. The molecule has 0 spiro atoms. The molecule has 4 heterocycles. The third-order valence-corrected chi connectivity index (χ3v) is 5.21. The van der Waals surface area contributed by atoms with Crippen LogP contribution in [0.1, 0.15) is 47.0 Å². The maximum atomic E-state index is 12.1. The number of carbonyl (C=O) groups is 1. The zero-order chi connectivity index (χ0) is 19.9. The van der Waals surface area contributed by atoms with Gasteiger partial charge in [-0.05, 0) is 40.5 Å². The number of carbonyl (C=O) groups excluding carboxylic acids is 1. The Balaban J connectivity index is 1.35. The van der Waals surface area contributed by atoms with Crippen LogP contribution in [0.4, 0.5) is 0 Å². The van der Waals surface area contributed by atoms with Gasteiger partial charge in [-0.15, -0.1) is 0 Å². The van der Waals surface area contributed by atoms with Crippen molar-refractivity contribution in [3.05, 3.63) is 0 Å².